The van der Waals surface area contributed by atoms with E-state index >= 15 is 0 Å². The van der Waals surface area contributed by atoms with E-state index in [9.17, 15) is 4.79 Å². The second-order valence-electron chi connectivity index (χ2n) is 5.73. The van der Waals surface area contributed by atoms with Crippen molar-refractivity contribution in [1.82, 2.24) is 0 Å². The van der Waals surface area contributed by atoms with E-state index in [4.69, 9.17) is 14.7 Å². The zero-order chi connectivity index (χ0) is 14.0. The third-order valence-electron chi connectivity index (χ3n) is 3.29. The van der Waals surface area contributed by atoms with Crippen LogP contribution in [0.3, 0.4) is 0 Å². The quantitative estimate of drug-likeness (QED) is 0.340. The number of hydrogen-bond acceptors (Lipinski definition) is 4. The average molecular weight is 269 g/mol. The minimum absolute atomic E-state index is 0.00417. The summed E-state index contributed by atoms with van der Waals surface area (Å²) in [6.45, 7) is 10.4. The number of ether oxygens (including phenoxy) is 1. The fourth-order valence-electron chi connectivity index (χ4n) is 1.17. The monoisotopic (exact) mass is 269 g/mol. The lowest BCUT2D eigenvalue weighted by atomic mass is 10.2. The highest BCUT2D eigenvalue weighted by molar-refractivity contribution is 6.74. The van der Waals surface area contributed by atoms with Crippen molar-refractivity contribution in [2.75, 3.05) is 6.54 Å². The van der Waals surface area contributed by atoms with Crippen LogP contribution < -0.4 is 0 Å². The van der Waals surface area contributed by atoms with Gasteiger partial charge in [0.2, 0.25) is 5.78 Å². The van der Waals surface area contributed by atoms with Crippen molar-refractivity contribution >= 4 is 14.1 Å². The van der Waals surface area contributed by atoms with Crippen LogP contribution in [0.4, 0.5) is 0 Å². The van der Waals surface area contributed by atoms with E-state index in [1.807, 2.05) is 0 Å². The molecule has 0 aromatic carbocycles. The SMILES string of the molecule is CC(C)(C)[Si](C)(C)OC1OC(CN=[N+]=[N-])=CC1=O. The van der Waals surface area contributed by atoms with Gasteiger partial charge in [-0.3, -0.25) is 4.79 Å². The molecule has 18 heavy (non-hydrogen) atoms. The molecule has 0 aliphatic carbocycles. The van der Waals surface area contributed by atoms with Crippen LogP contribution in [-0.2, 0) is 14.0 Å². The van der Waals surface area contributed by atoms with E-state index in [0.29, 0.717) is 5.76 Å². The van der Waals surface area contributed by atoms with Gasteiger partial charge in [-0.15, -0.1) is 0 Å². The van der Waals surface area contributed by atoms with Gasteiger partial charge in [0.1, 0.15) is 5.76 Å². The van der Waals surface area contributed by atoms with Gasteiger partial charge in [-0.1, -0.05) is 25.9 Å². The first-order chi connectivity index (χ1) is 8.17. The lowest BCUT2D eigenvalue weighted by Gasteiger charge is -2.37. The highest BCUT2D eigenvalue weighted by atomic mass is 28.4. The molecule has 0 fully saturated rings. The summed E-state index contributed by atoms with van der Waals surface area (Å²) in [6, 6.07) is 0. The van der Waals surface area contributed by atoms with Gasteiger partial charge in [0.25, 0.3) is 6.29 Å². The van der Waals surface area contributed by atoms with Gasteiger partial charge in [-0.05, 0) is 23.7 Å². The second-order valence-corrected chi connectivity index (χ2v) is 10.5. The molecule has 1 heterocycles. The standard InChI is InChI=1S/C11H19N3O3Si/c1-11(2,3)18(4,5)17-10-9(15)6-8(16-10)7-13-14-12/h6,10H,7H2,1-5H3. The lowest BCUT2D eigenvalue weighted by molar-refractivity contribution is -0.135. The first kappa shape index (κ1) is 14.8. The Morgan fingerprint density at radius 1 is 1.56 bits per heavy atom. The van der Waals surface area contributed by atoms with Gasteiger partial charge in [0, 0.05) is 11.0 Å². The smallest absolute Gasteiger partial charge is 0.254 e. The average Bonchev–Trinajstić information content (AvgIpc) is 2.54. The minimum atomic E-state index is -2.06. The summed E-state index contributed by atoms with van der Waals surface area (Å²) >= 11 is 0. The Bertz CT molecular complexity index is 420. The molecule has 100 valence electrons. The van der Waals surface area contributed by atoms with E-state index in [1.54, 1.807) is 0 Å². The molecule has 0 amide bonds. The van der Waals surface area contributed by atoms with Crippen LogP contribution in [0.15, 0.2) is 16.9 Å². The van der Waals surface area contributed by atoms with Gasteiger partial charge in [-0.2, -0.15) is 0 Å². The van der Waals surface area contributed by atoms with Gasteiger partial charge in [0.15, 0.2) is 8.32 Å². The number of ketones is 1. The van der Waals surface area contributed by atoms with Crippen molar-refractivity contribution < 1.29 is 14.0 Å². The lowest BCUT2D eigenvalue weighted by Crippen LogP contribution is -2.45. The summed E-state index contributed by atoms with van der Waals surface area (Å²) in [6.07, 6.45) is 0.460. The van der Waals surface area contributed by atoms with Crippen LogP contribution in [0, 0.1) is 0 Å². The molecular weight excluding hydrogens is 250 g/mol. The third-order valence-corrected chi connectivity index (χ3v) is 7.71. The first-order valence-electron chi connectivity index (χ1n) is 5.77. The predicted molar refractivity (Wildman–Crippen MR) is 70.3 cm³/mol. The molecule has 0 saturated heterocycles. The van der Waals surface area contributed by atoms with E-state index in [0.717, 1.165) is 0 Å². The maximum absolute atomic E-state index is 11.7. The molecule has 0 bridgehead atoms. The van der Waals surface area contributed by atoms with Gasteiger partial charge < -0.3 is 9.16 Å². The van der Waals surface area contributed by atoms with E-state index < -0.39 is 14.6 Å². The number of rotatable bonds is 4. The summed E-state index contributed by atoms with van der Waals surface area (Å²) in [5.41, 5.74) is 8.22. The van der Waals surface area contributed by atoms with E-state index in [2.05, 4.69) is 43.9 Å². The molecule has 7 heteroatoms. The fourth-order valence-corrected chi connectivity index (χ4v) is 2.22. The van der Waals surface area contributed by atoms with Crippen LogP contribution in [-0.4, -0.2) is 26.9 Å². The highest BCUT2D eigenvalue weighted by Gasteiger charge is 2.42. The normalized spacial score (nSPS) is 20.2. The number of carbonyl (C=O) groups excluding carboxylic acids is 1. The maximum Gasteiger partial charge on any atom is 0.254 e. The molecule has 0 aromatic heterocycles. The molecule has 0 radical (unpaired) electrons. The summed E-state index contributed by atoms with van der Waals surface area (Å²) in [4.78, 5) is 14.3. The summed E-state index contributed by atoms with van der Waals surface area (Å²) in [5.74, 6) is 0.143. The van der Waals surface area contributed by atoms with Crippen molar-refractivity contribution in [3.05, 3.63) is 22.3 Å². The molecule has 1 rings (SSSR count). The van der Waals surface area contributed by atoms with E-state index in [1.165, 1.54) is 6.08 Å². The highest BCUT2D eigenvalue weighted by Crippen LogP contribution is 2.38. The van der Waals surface area contributed by atoms with Crippen LogP contribution in [0.2, 0.25) is 18.1 Å². The summed E-state index contributed by atoms with van der Waals surface area (Å²) in [5, 5.41) is 3.36. The largest absolute Gasteiger partial charge is 0.462 e. The Morgan fingerprint density at radius 2 is 2.17 bits per heavy atom. The zero-order valence-corrected chi connectivity index (χ0v) is 12.4. The molecule has 6 nitrogen and oxygen atoms in total. The van der Waals surface area contributed by atoms with Crippen molar-refractivity contribution in [3.8, 4) is 0 Å². The molecule has 0 aromatic rings. The Balaban J connectivity index is 2.68. The minimum Gasteiger partial charge on any atom is -0.462 e. The molecule has 0 N–H and O–H groups in total. The third kappa shape index (κ3) is 3.35. The summed E-state index contributed by atoms with van der Waals surface area (Å²) in [7, 11) is -2.06. The van der Waals surface area contributed by atoms with Crippen molar-refractivity contribution in [2.45, 2.75) is 45.2 Å². The Morgan fingerprint density at radius 3 is 2.67 bits per heavy atom. The second kappa shape index (κ2) is 5.13. The maximum atomic E-state index is 11.7. The van der Waals surface area contributed by atoms with Gasteiger partial charge in [0.05, 0.1) is 6.54 Å². The number of azide groups is 1. The summed E-state index contributed by atoms with van der Waals surface area (Å²) < 4.78 is 11.2. The predicted octanol–water partition coefficient (Wildman–Crippen LogP) is 3.13. The fraction of sp³-hybridized carbons (Fsp3) is 0.727. The van der Waals surface area contributed by atoms with Crippen LogP contribution in [0.1, 0.15) is 20.8 Å². The van der Waals surface area contributed by atoms with Gasteiger partial charge >= 0.3 is 0 Å². The first-order valence-corrected chi connectivity index (χ1v) is 8.68. The van der Waals surface area contributed by atoms with Crippen molar-refractivity contribution in [3.63, 3.8) is 0 Å². The molecule has 1 atom stereocenters. The Kier molecular flexibility index (Phi) is 4.21. The molecule has 0 saturated carbocycles. The van der Waals surface area contributed by atoms with Crippen LogP contribution in [0.25, 0.3) is 10.4 Å². The topological polar surface area (TPSA) is 84.3 Å². The molecule has 1 aliphatic rings. The molecule has 1 unspecified atom stereocenters. The zero-order valence-electron chi connectivity index (χ0n) is 11.4. The van der Waals surface area contributed by atoms with Crippen LogP contribution >= 0.6 is 0 Å². The number of nitrogens with zero attached hydrogens (tertiary/aromatic N) is 3. The Hall–Kier alpha value is -1.30. The number of hydrogen-bond donors (Lipinski definition) is 0. The molecule has 1 aliphatic heterocycles. The van der Waals surface area contributed by atoms with Crippen LogP contribution in [0.5, 0.6) is 0 Å². The molecule has 0 spiro atoms. The number of carbonyl (C=O) groups is 1. The van der Waals surface area contributed by atoms with Crippen molar-refractivity contribution in [1.29, 1.82) is 0 Å². The van der Waals surface area contributed by atoms with Crippen molar-refractivity contribution in [2.24, 2.45) is 5.11 Å². The Labute approximate surface area is 108 Å². The van der Waals surface area contributed by atoms with E-state index in [-0.39, 0.29) is 17.4 Å². The molecular formula is C11H19N3O3Si. The van der Waals surface area contributed by atoms with Gasteiger partial charge in [-0.25, -0.2) is 0 Å².